The van der Waals surface area contributed by atoms with Crippen molar-refractivity contribution in [2.24, 2.45) is 5.10 Å². The van der Waals surface area contributed by atoms with E-state index in [0.717, 1.165) is 11.3 Å². The van der Waals surface area contributed by atoms with Gasteiger partial charge in [0, 0.05) is 11.8 Å². The molecule has 1 aromatic carbocycles. The van der Waals surface area contributed by atoms with E-state index < -0.39 is 10.8 Å². The summed E-state index contributed by atoms with van der Waals surface area (Å²) in [6, 6.07) is 9.54. The first-order valence-electron chi connectivity index (χ1n) is 5.50. The minimum Gasteiger partial charge on any atom is -0.398 e. The molecule has 2 aromatic rings. The second-order valence-corrected chi connectivity index (χ2v) is 4.81. The summed E-state index contributed by atoms with van der Waals surface area (Å²) in [5.41, 5.74) is 8.64. The predicted molar refractivity (Wildman–Crippen MR) is 76.9 cm³/mol. The first-order chi connectivity index (χ1) is 9.58. The lowest BCUT2D eigenvalue weighted by molar-refractivity contribution is -0.380. The Balaban J connectivity index is 2.01. The van der Waals surface area contributed by atoms with Crippen LogP contribution < -0.4 is 11.2 Å². The number of benzene rings is 1. The molecule has 0 aliphatic carbocycles. The molecule has 20 heavy (non-hydrogen) atoms. The molecule has 0 spiro atoms. The van der Waals surface area contributed by atoms with Gasteiger partial charge < -0.3 is 5.73 Å². The molecular weight excluding hydrogens is 280 g/mol. The quantitative estimate of drug-likeness (QED) is 0.388. The Bertz CT molecular complexity index is 681. The van der Waals surface area contributed by atoms with Crippen molar-refractivity contribution in [2.75, 3.05) is 5.73 Å². The van der Waals surface area contributed by atoms with Crippen LogP contribution in [-0.2, 0) is 0 Å². The third-order valence-electron chi connectivity index (χ3n) is 2.36. The average molecular weight is 290 g/mol. The van der Waals surface area contributed by atoms with E-state index in [-0.39, 0.29) is 5.00 Å². The molecular formula is C12H10N4O3S. The Hall–Kier alpha value is -2.74. The molecule has 2 rings (SSSR count). The van der Waals surface area contributed by atoms with Crippen molar-refractivity contribution in [2.45, 2.75) is 0 Å². The topological polar surface area (TPSA) is 111 Å². The van der Waals surface area contributed by atoms with Gasteiger partial charge in [0.15, 0.2) is 0 Å². The van der Waals surface area contributed by atoms with Crippen molar-refractivity contribution in [3.05, 3.63) is 57.0 Å². The van der Waals surface area contributed by atoms with E-state index in [9.17, 15) is 14.9 Å². The number of carbonyl (C=O) groups excluding carboxylic acids is 1. The fourth-order valence-electron chi connectivity index (χ4n) is 1.43. The molecule has 0 fully saturated rings. The number of nitrogen functional groups attached to an aromatic ring is 1. The van der Waals surface area contributed by atoms with Crippen LogP contribution in [0, 0.1) is 10.1 Å². The first-order valence-corrected chi connectivity index (χ1v) is 6.31. The highest BCUT2D eigenvalue weighted by molar-refractivity contribution is 7.16. The summed E-state index contributed by atoms with van der Waals surface area (Å²) in [5, 5.41) is 14.3. The predicted octanol–water partition coefficient (Wildman–Crippen LogP) is 2.00. The zero-order valence-corrected chi connectivity index (χ0v) is 11.0. The van der Waals surface area contributed by atoms with Crippen LogP contribution in [0.2, 0.25) is 0 Å². The van der Waals surface area contributed by atoms with E-state index in [1.165, 1.54) is 12.3 Å². The Morgan fingerprint density at radius 3 is 2.75 bits per heavy atom. The number of nitrogens with zero attached hydrogens (tertiary/aromatic N) is 2. The van der Waals surface area contributed by atoms with Gasteiger partial charge >= 0.3 is 5.00 Å². The van der Waals surface area contributed by atoms with Gasteiger partial charge in [0.25, 0.3) is 5.91 Å². The van der Waals surface area contributed by atoms with E-state index in [1.807, 2.05) is 0 Å². The molecule has 0 radical (unpaired) electrons. The summed E-state index contributed by atoms with van der Waals surface area (Å²) in [4.78, 5) is 22.4. The van der Waals surface area contributed by atoms with Crippen LogP contribution in [0.5, 0.6) is 0 Å². The van der Waals surface area contributed by atoms with Crippen molar-refractivity contribution in [3.8, 4) is 0 Å². The fourth-order valence-corrected chi connectivity index (χ4v) is 2.12. The maximum atomic E-state index is 11.8. The minimum absolute atomic E-state index is 0.0186. The zero-order chi connectivity index (χ0) is 14.5. The first kappa shape index (κ1) is 13.7. The van der Waals surface area contributed by atoms with Crippen LogP contribution in [0.4, 0.5) is 10.7 Å². The molecule has 0 aliphatic rings. The smallest absolute Gasteiger partial charge is 0.324 e. The molecule has 1 heterocycles. The summed E-state index contributed by atoms with van der Waals surface area (Å²) in [7, 11) is 0. The molecule has 1 amide bonds. The van der Waals surface area contributed by atoms with Gasteiger partial charge in [-0.1, -0.05) is 23.5 Å². The summed E-state index contributed by atoms with van der Waals surface area (Å²) >= 11 is 0.967. The van der Waals surface area contributed by atoms with E-state index >= 15 is 0 Å². The molecule has 0 saturated heterocycles. The van der Waals surface area contributed by atoms with Crippen LogP contribution in [0.25, 0.3) is 0 Å². The number of hydrogen-bond donors (Lipinski definition) is 2. The third-order valence-corrected chi connectivity index (χ3v) is 3.33. The molecule has 0 atom stereocenters. The number of anilines is 1. The SMILES string of the molecule is Nc1ccccc1C(=O)N/N=C/c1ccc([N+](=O)[O-])s1. The van der Waals surface area contributed by atoms with Gasteiger partial charge in [-0.2, -0.15) is 5.10 Å². The highest BCUT2D eigenvalue weighted by Crippen LogP contribution is 2.22. The van der Waals surface area contributed by atoms with Crippen molar-refractivity contribution in [3.63, 3.8) is 0 Å². The molecule has 8 heteroatoms. The van der Waals surface area contributed by atoms with Gasteiger partial charge in [-0.15, -0.1) is 0 Å². The maximum Gasteiger partial charge on any atom is 0.324 e. The fraction of sp³-hybridized carbons (Fsp3) is 0. The molecule has 7 nitrogen and oxygen atoms in total. The number of nitro groups is 1. The highest BCUT2D eigenvalue weighted by atomic mass is 32.1. The highest BCUT2D eigenvalue weighted by Gasteiger charge is 2.09. The molecule has 3 N–H and O–H groups in total. The van der Waals surface area contributed by atoms with Crippen molar-refractivity contribution in [1.29, 1.82) is 0 Å². The molecule has 0 bridgehead atoms. The van der Waals surface area contributed by atoms with E-state index in [2.05, 4.69) is 10.5 Å². The Morgan fingerprint density at radius 2 is 2.10 bits per heavy atom. The normalized spacial score (nSPS) is 10.6. The summed E-state index contributed by atoms with van der Waals surface area (Å²) < 4.78 is 0. The standard InChI is InChI=1S/C12H10N4O3S/c13-10-4-2-1-3-9(10)12(17)15-14-7-8-5-6-11(20-8)16(18)19/h1-7H,13H2,(H,15,17)/b14-7+. The largest absolute Gasteiger partial charge is 0.398 e. The lowest BCUT2D eigenvalue weighted by Gasteiger charge is -2.02. The van der Waals surface area contributed by atoms with Gasteiger partial charge in [-0.3, -0.25) is 14.9 Å². The molecule has 0 unspecified atom stereocenters. The molecule has 1 aromatic heterocycles. The lowest BCUT2D eigenvalue weighted by atomic mass is 10.2. The van der Waals surface area contributed by atoms with Crippen LogP contribution in [0.3, 0.4) is 0 Å². The Labute approximate surface area is 117 Å². The summed E-state index contributed by atoms with van der Waals surface area (Å²) in [5.74, 6) is -0.439. The van der Waals surface area contributed by atoms with Crippen molar-refractivity contribution in [1.82, 2.24) is 5.43 Å². The van der Waals surface area contributed by atoms with Crippen LogP contribution in [0.1, 0.15) is 15.2 Å². The number of thiophene rings is 1. The molecule has 0 saturated carbocycles. The van der Waals surface area contributed by atoms with Gasteiger partial charge in [-0.25, -0.2) is 5.43 Å². The summed E-state index contributed by atoms with van der Waals surface area (Å²) in [6.07, 6.45) is 1.34. The number of nitrogens with two attached hydrogens (primary N) is 1. The second-order valence-electron chi connectivity index (χ2n) is 3.72. The number of nitrogens with one attached hydrogen (secondary N) is 1. The lowest BCUT2D eigenvalue weighted by Crippen LogP contribution is -2.18. The third kappa shape index (κ3) is 3.18. The van der Waals surface area contributed by atoms with E-state index in [1.54, 1.807) is 30.3 Å². The molecule has 0 aliphatic heterocycles. The molecule has 102 valence electrons. The van der Waals surface area contributed by atoms with E-state index in [4.69, 9.17) is 5.73 Å². The number of hydrogen-bond acceptors (Lipinski definition) is 6. The number of para-hydroxylation sites is 1. The van der Waals surface area contributed by atoms with Crippen LogP contribution in [0.15, 0.2) is 41.5 Å². The average Bonchev–Trinajstić information content (AvgIpc) is 2.88. The van der Waals surface area contributed by atoms with Gasteiger partial charge in [0.1, 0.15) is 0 Å². The van der Waals surface area contributed by atoms with Gasteiger partial charge in [-0.05, 0) is 18.2 Å². The summed E-state index contributed by atoms with van der Waals surface area (Å²) in [6.45, 7) is 0. The van der Waals surface area contributed by atoms with Crippen molar-refractivity contribution < 1.29 is 9.72 Å². The van der Waals surface area contributed by atoms with Crippen LogP contribution in [-0.4, -0.2) is 17.0 Å². The van der Waals surface area contributed by atoms with Gasteiger partial charge in [0.05, 0.1) is 21.6 Å². The zero-order valence-electron chi connectivity index (χ0n) is 10.1. The van der Waals surface area contributed by atoms with E-state index in [0.29, 0.717) is 16.1 Å². The second kappa shape index (κ2) is 5.93. The maximum absolute atomic E-state index is 11.8. The number of carbonyl (C=O) groups is 1. The monoisotopic (exact) mass is 290 g/mol. The Morgan fingerprint density at radius 1 is 1.35 bits per heavy atom. The van der Waals surface area contributed by atoms with Crippen molar-refractivity contribution >= 4 is 34.1 Å². The number of hydrazone groups is 1. The minimum atomic E-state index is -0.481. The Kier molecular flexibility index (Phi) is 4.06. The number of rotatable bonds is 4. The van der Waals surface area contributed by atoms with Crippen LogP contribution >= 0.6 is 11.3 Å². The number of amides is 1. The van der Waals surface area contributed by atoms with Gasteiger partial charge in [0.2, 0.25) is 0 Å².